The van der Waals surface area contributed by atoms with Crippen LogP contribution in [0.4, 0.5) is 0 Å². The molecule has 1 N–H and O–H groups in total. The van der Waals surface area contributed by atoms with Crippen LogP contribution in [0, 0.1) is 0 Å². The molecule has 1 aliphatic heterocycles. The van der Waals surface area contributed by atoms with Gasteiger partial charge in [-0.05, 0) is 24.1 Å². The second kappa shape index (κ2) is 3.97. The molecule has 1 aromatic rings. The molecule has 0 atom stereocenters. The molecule has 0 fully saturated rings. The number of benzene rings is 1. The lowest BCUT2D eigenvalue weighted by Crippen LogP contribution is -2.24. The van der Waals surface area contributed by atoms with E-state index in [1.807, 2.05) is 0 Å². The standard InChI is InChI=1S/C10H7NO4S/c12-8(13)5-16-11-9(14)6-3-1-2-4-7(6)10(11)15/h1-4H,5H2,(H,12,13). The summed E-state index contributed by atoms with van der Waals surface area (Å²) in [5, 5.41) is 8.49. The van der Waals surface area contributed by atoms with Crippen molar-refractivity contribution in [2.75, 3.05) is 5.75 Å². The Bertz CT molecular complexity index is 450. The first-order valence-corrected chi connectivity index (χ1v) is 5.38. The third-order valence-corrected chi connectivity index (χ3v) is 3.04. The quantitative estimate of drug-likeness (QED) is 0.627. The number of imide groups is 1. The maximum atomic E-state index is 11.7. The molecule has 0 spiro atoms. The molecule has 2 rings (SSSR count). The summed E-state index contributed by atoms with van der Waals surface area (Å²) in [5.74, 6) is -2.29. The van der Waals surface area contributed by atoms with Gasteiger partial charge in [0.15, 0.2) is 0 Å². The molecule has 0 saturated carbocycles. The third-order valence-electron chi connectivity index (χ3n) is 2.07. The van der Waals surface area contributed by atoms with E-state index in [0.29, 0.717) is 23.1 Å². The predicted molar refractivity (Wildman–Crippen MR) is 57.0 cm³/mol. The van der Waals surface area contributed by atoms with Gasteiger partial charge in [-0.25, -0.2) is 4.31 Å². The van der Waals surface area contributed by atoms with Gasteiger partial charge in [0.1, 0.15) is 5.75 Å². The zero-order valence-electron chi connectivity index (χ0n) is 8.04. The van der Waals surface area contributed by atoms with E-state index in [0.717, 1.165) is 4.31 Å². The van der Waals surface area contributed by atoms with Gasteiger partial charge in [0.2, 0.25) is 0 Å². The van der Waals surface area contributed by atoms with Crippen molar-refractivity contribution >= 4 is 29.7 Å². The maximum absolute atomic E-state index is 11.7. The molecule has 16 heavy (non-hydrogen) atoms. The van der Waals surface area contributed by atoms with E-state index in [1.165, 1.54) is 0 Å². The first-order valence-electron chi connectivity index (χ1n) is 4.44. The number of aliphatic carboxylic acids is 1. The van der Waals surface area contributed by atoms with E-state index in [1.54, 1.807) is 24.3 Å². The second-order valence-electron chi connectivity index (χ2n) is 3.12. The summed E-state index contributed by atoms with van der Waals surface area (Å²) in [7, 11) is 0. The number of fused-ring (bicyclic) bond motifs is 1. The van der Waals surface area contributed by atoms with Gasteiger partial charge in [-0.3, -0.25) is 14.4 Å². The summed E-state index contributed by atoms with van der Waals surface area (Å²) in [6.07, 6.45) is 0. The molecule has 6 heteroatoms. The Balaban J connectivity index is 2.25. The predicted octanol–water partition coefficient (Wildman–Crippen LogP) is 1.02. The summed E-state index contributed by atoms with van der Waals surface area (Å²) >= 11 is 0.700. The van der Waals surface area contributed by atoms with Crippen molar-refractivity contribution < 1.29 is 19.5 Å². The lowest BCUT2D eigenvalue weighted by Gasteiger charge is -2.09. The van der Waals surface area contributed by atoms with Gasteiger partial charge in [-0.15, -0.1) is 0 Å². The van der Waals surface area contributed by atoms with Crippen molar-refractivity contribution in [1.29, 1.82) is 0 Å². The van der Waals surface area contributed by atoms with Crippen LogP contribution in [-0.2, 0) is 4.79 Å². The van der Waals surface area contributed by atoms with Crippen LogP contribution >= 0.6 is 11.9 Å². The zero-order valence-corrected chi connectivity index (χ0v) is 8.86. The van der Waals surface area contributed by atoms with Gasteiger partial charge in [-0.1, -0.05) is 12.1 Å². The SMILES string of the molecule is O=C(O)CSN1C(=O)c2ccccc2C1=O. The van der Waals surface area contributed by atoms with Crippen LogP contribution in [0.25, 0.3) is 0 Å². The molecule has 0 aromatic heterocycles. The molecule has 0 aliphatic carbocycles. The Morgan fingerprint density at radius 2 is 1.69 bits per heavy atom. The number of amides is 2. The Labute approximate surface area is 95.2 Å². The highest BCUT2D eigenvalue weighted by molar-refractivity contribution is 7.98. The monoisotopic (exact) mass is 237 g/mol. The van der Waals surface area contributed by atoms with E-state index in [9.17, 15) is 14.4 Å². The molecule has 0 saturated heterocycles. The van der Waals surface area contributed by atoms with Gasteiger partial charge in [0, 0.05) is 0 Å². The number of carboxylic acid groups (broad SMARTS) is 1. The number of rotatable bonds is 3. The fourth-order valence-electron chi connectivity index (χ4n) is 1.40. The maximum Gasteiger partial charge on any atom is 0.315 e. The van der Waals surface area contributed by atoms with Gasteiger partial charge < -0.3 is 5.11 Å². The van der Waals surface area contributed by atoms with E-state index in [-0.39, 0.29) is 5.75 Å². The Morgan fingerprint density at radius 3 is 2.12 bits per heavy atom. The first-order chi connectivity index (χ1) is 7.61. The average molecular weight is 237 g/mol. The molecule has 1 aliphatic rings. The smallest absolute Gasteiger partial charge is 0.315 e. The zero-order chi connectivity index (χ0) is 11.7. The van der Waals surface area contributed by atoms with E-state index in [4.69, 9.17) is 5.11 Å². The lowest BCUT2D eigenvalue weighted by molar-refractivity contribution is -0.133. The summed E-state index contributed by atoms with van der Waals surface area (Å²) in [6, 6.07) is 6.43. The fourth-order valence-corrected chi connectivity index (χ4v) is 2.07. The molecule has 82 valence electrons. The van der Waals surface area contributed by atoms with Crippen LogP contribution in [0.3, 0.4) is 0 Å². The van der Waals surface area contributed by atoms with Crippen LogP contribution in [0.2, 0.25) is 0 Å². The largest absolute Gasteiger partial charge is 0.481 e. The lowest BCUT2D eigenvalue weighted by atomic mass is 10.1. The van der Waals surface area contributed by atoms with Gasteiger partial charge in [-0.2, -0.15) is 0 Å². The van der Waals surface area contributed by atoms with Crippen LogP contribution < -0.4 is 0 Å². The molecule has 5 nitrogen and oxygen atoms in total. The summed E-state index contributed by atoms with van der Waals surface area (Å²) in [4.78, 5) is 33.8. The van der Waals surface area contributed by atoms with Crippen molar-refractivity contribution in [3.8, 4) is 0 Å². The summed E-state index contributed by atoms with van der Waals surface area (Å²) in [5.41, 5.74) is 0.649. The van der Waals surface area contributed by atoms with Crippen molar-refractivity contribution in [1.82, 2.24) is 4.31 Å². The van der Waals surface area contributed by atoms with E-state index in [2.05, 4.69) is 0 Å². The Hall–Kier alpha value is -1.82. The van der Waals surface area contributed by atoms with Crippen molar-refractivity contribution in [2.45, 2.75) is 0 Å². The van der Waals surface area contributed by atoms with Crippen LogP contribution in [0.5, 0.6) is 0 Å². The van der Waals surface area contributed by atoms with Gasteiger partial charge in [0.05, 0.1) is 11.1 Å². The molecular formula is C10H7NO4S. The molecule has 0 unspecified atom stereocenters. The van der Waals surface area contributed by atoms with E-state index < -0.39 is 17.8 Å². The average Bonchev–Trinajstić information content (AvgIpc) is 2.50. The fraction of sp³-hybridized carbons (Fsp3) is 0.100. The van der Waals surface area contributed by atoms with Crippen molar-refractivity contribution in [3.05, 3.63) is 35.4 Å². The minimum absolute atomic E-state index is 0.314. The van der Waals surface area contributed by atoms with Crippen molar-refractivity contribution in [3.63, 3.8) is 0 Å². The number of hydrogen-bond donors (Lipinski definition) is 1. The molecule has 1 aromatic carbocycles. The summed E-state index contributed by atoms with van der Waals surface area (Å²) < 4.78 is 0.888. The first kappa shape index (κ1) is 10.7. The topological polar surface area (TPSA) is 74.7 Å². The third kappa shape index (κ3) is 1.67. The minimum Gasteiger partial charge on any atom is -0.481 e. The second-order valence-corrected chi connectivity index (χ2v) is 4.03. The normalized spacial score (nSPS) is 14.1. The Kier molecular flexibility index (Phi) is 2.66. The number of nitrogens with zero attached hydrogens (tertiary/aromatic N) is 1. The number of carbonyl (C=O) groups is 3. The highest BCUT2D eigenvalue weighted by atomic mass is 32.2. The molecule has 0 radical (unpaired) electrons. The molecule has 2 amide bonds. The highest BCUT2D eigenvalue weighted by Gasteiger charge is 2.35. The Morgan fingerprint density at radius 1 is 1.19 bits per heavy atom. The highest BCUT2D eigenvalue weighted by Crippen LogP contribution is 2.27. The summed E-state index contributed by atoms with van der Waals surface area (Å²) in [6.45, 7) is 0. The van der Waals surface area contributed by atoms with Crippen LogP contribution in [-0.4, -0.2) is 32.9 Å². The van der Waals surface area contributed by atoms with Gasteiger partial charge >= 0.3 is 5.97 Å². The molecular weight excluding hydrogens is 230 g/mol. The molecule has 0 bridgehead atoms. The molecule has 1 heterocycles. The van der Waals surface area contributed by atoms with Crippen LogP contribution in [0.1, 0.15) is 20.7 Å². The van der Waals surface area contributed by atoms with Crippen molar-refractivity contribution in [2.24, 2.45) is 0 Å². The minimum atomic E-state index is -1.07. The van der Waals surface area contributed by atoms with E-state index >= 15 is 0 Å². The van der Waals surface area contributed by atoms with Crippen LogP contribution in [0.15, 0.2) is 24.3 Å². The van der Waals surface area contributed by atoms with Gasteiger partial charge in [0.25, 0.3) is 11.8 Å². The number of carboxylic acids is 1. The number of carbonyl (C=O) groups excluding carboxylic acids is 2. The number of hydrogen-bond acceptors (Lipinski definition) is 4.